The van der Waals surface area contributed by atoms with Crippen LogP contribution in [0.5, 0.6) is 5.75 Å². The average molecular weight is 271 g/mol. The number of carbonyl (C=O) groups excluding carboxylic acids is 1. The molecule has 0 amide bonds. The third-order valence-electron chi connectivity index (χ3n) is 4.07. The van der Waals surface area contributed by atoms with Gasteiger partial charge in [0, 0.05) is 11.5 Å². The van der Waals surface area contributed by atoms with Gasteiger partial charge in [0.05, 0.1) is 14.2 Å². The van der Waals surface area contributed by atoms with E-state index < -0.39 is 5.54 Å². The number of fused-ring (bicyclic) bond motifs is 1. The molecule has 0 aliphatic heterocycles. The monoisotopic (exact) mass is 271 g/mol. The lowest BCUT2D eigenvalue weighted by atomic mass is 9.97. The number of nitrogens with two attached hydrogens (primary N) is 1. The van der Waals surface area contributed by atoms with Gasteiger partial charge in [-0.25, -0.2) is 0 Å². The third kappa shape index (κ3) is 1.76. The Labute approximate surface area is 117 Å². The van der Waals surface area contributed by atoms with Gasteiger partial charge in [0.15, 0.2) is 0 Å². The molecular formula is C16H17NO3. The van der Waals surface area contributed by atoms with E-state index in [-0.39, 0.29) is 11.9 Å². The summed E-state index contributed by atoms with van der Waals surface area (Å²) < 4.78 is 10.3. The highest BCUT2D eigenvalue weighted by molar-refractivity contribution is 5.93. The SMILES string of the molecule is COC(=O)[C@]1(N)C[C@@H]1c1c(OC)ccc2ccccc12. The number of ether oxygens (including phenoxy) is 2. The first-order valence-corrected chi connectivity index (χ1v) is 6.54. The zero-order chi connectivity index (χ0) is 14.3. The van der Waals surface area contributed by atoms with Crippen molar-refractivity contribution in [3.8, 4) is 5.75 Å². The summed E-state index contributed by atoms with van der Waals surface area (Å²) in [6.45, 7) is 0. The van der Waals surface area contributed by atoms with E-state index in [1.54, 1.807) is 7.11 Å². The summed E-state index contributed by atoms with van der Waals surface area (Å²) >= 11 is 0. The van der Waals surface area contributed by atoms with Gasteiger partial charge in [-0.1, -0.05) is 30.3 Å². The lowest BCUT2D eigenvalue weighted by Gasteiger charge is -2.14. The predicted octanol–water partition coefficient (Wildman–Crippen LogP) is 2.21. The minimum absolute atomic E-state index is 0.0593. The molecular weight excluding hydrogens is 254 g/mol. The van der Waals surface area contributed by atoms with Gasteiger partial charge < -0.3 is 15.2 Å². The second kappa shape index (κ2) is 4.49. The summed E-state index contributed by atoms with van der Waals surface area (Å²) in [5, 5.41) is 2.19. The highest BCUT2D eigenvalue weighted by atomic mass is 16.5. The number of hydrogen-bond acceptors (Lipinski definition) is 4. The zero-order valence-electron chi connectivity index (χ0n) is 11.6. The summed E-state index contributed by atoms with van der Waals surface area (Å²) in [6.07, 6.45) is 0.587. The van der Waals surface area contributed by atoms with E-state index in [2.05, 4.69) is 0 Å². The van der Waals surface area contributed by atoms with Gasteiger partial charge in [-0.15, -0.1) is 0 Å². The van der Waals surface area contributed by atoms with Crippen LogP contribution in [-0.2, 0) is 9.53 Å². The van der Waals surface area contributed by atoms with Gasteiger partial charge in [0.1, 0.15) is 11.3 Å². The fourth-order valence-electron chi connectivity index (χ4n) is 2.87. The van der Waals surface area contributed by atoms with Crippen LogP contribution in [0, 0.1) is 0 Å². The van der Waals surface area contributed by atoms with E-state index in [1.165, 1.54) is 7.11 Å². The lowest BCUT2D eigenvalue weighted by Crippen LogP contribution is -2.36. The molecule has 0 aromatic heterocycles. The Morgan fingerprint density at radius 1 is 1.25 bits per heavy atom. The van der Waals surface area contributed by atoms with Gasteiger partial charge in [-0.05, 0) is 23.3 Å². The normalized spacial score (nSPS) is 24.4. The van der Waals surface area contributed by atoms with Gasteiger partial charge in [0.25, 0.3) is 0 Å². The third-order valence-corrected chi connectivity index (χ3v) is 4.07. The second-order valence-corrected chi connectivity index (χ2v) is 5.19. The summed E-state index contributed by atoms with van der Waals surface area (Å²) in [6, 6.07) is 12.0. The molecule has 0 unspecified atom stereocenters. The minimum atomic E-state index is -0.924. The average Bonchev–Trinajstić information content (AvgIpc) is 3.18. The van der Waals surface area contributed by atoms with E-state index in [4.69, 9.17) is 15.2 Å². The van der Waals surface area contributed by atoms with Crippen molar-refractivity contribution >= 4 is 16.7 Å². The van der Waals surface area contributed by atoms with Crippen LogP contribution in [0.4, 0.5) is 0 Å². The van der Waals surface area contributed by atoms with E-state index in [9.17, 15) is 4.79 Å². The summed E-state index contributed by atoms with van der Waals surface area (Å²) in [5.41, 5.74) is 6.24. The molecule has 2 aromatic carbocycles. The molecule has 1 aliphatic carbocycles. The number of methoxy groups -OCH3 is 2. The minimum Gasteiger partial charge on any atom is -0.496 e. The quantitative estimate of drug-likeness (QED) is 0.869. The number of benzene rings is 2. The Morgan fingerprint density at radius 3 is 2.70 bits per heavy atom. The molecule has 4 heteroatoms. The Balaban J connectivity index is 2.14. The smallest absolute Gasteiger partial charge is 0.326 e. The van der Waals surface area contributed by atoms with Gasteiger partial charge in [0.2, 0.25) is 0 Å². The molecule has 2 atom stereocenters. The Morgan fingerprint density at radius 2 is 2.00 bits per heavy atom. The molecule has 3 rings (SSSR count). The predicted molar refractivity (Wildman–Crippen MR) is 76.8 cm³/mol. The van der Waals surface area contributed by atoms with Crippen LogP contribution in [0.25, 0.3) is 10.8 Å². The van der Waals surface area contributed by atoms with Crippen LogP contribution in [0.15, 0.2) is 36.4 Å². The first-order chi connectivity index (χ1) is 9.61. The van der Waals surface area contributed by atoms with Crippen molar-refractivity contribution in [2.24, 2.45) is 5.73 Å². The van der Waals surface area contributed by atoms with E-state index >= 15 is 0 Å². The van der Waals surface area contributed by atoms with Crippen molar-refractivity contribution in [2.75, 3.05) is 14.2 Å². The fraction of sp³-hybridized carbons (Fsp3) is 0.312. The van der Waals surface area contributed by atoms with Crippen LogP contribution in [0.3, 0.4) is 0 Å². The van der Waals surface area contributed by atoms with E-state index in [1.807, 2.05) is 36.4 Å². The van der Waals surface area contributed by atoms with Crippen molar-refractivity contribution in [1.82, 2.24) is 0 Å². The van der Waals surface area contributed by atoms with Crippen molar-refractivity contribution in [3.63, 3.8) is 0 Å². The molecule has 1 fully saturated rings. The molecule has 0 heterocycles. The van der Waals surface area contributed by atoms with Gasteiger partial charge >= 0.3 is 5.97 Å². The Hall–Kier alpha value is -2.07. The number of hydrogen-bond donors (Lipinski definition) is 1. The van der Waals surface area contributed by atoms with Crippen LogP contribution >= 0.6 is 0 Å². The molecule has 4 nitrogen and oxygen atoms in total. The Bertz CT molecular complexity index is 682. The van der Waals surface area contributed by atoms with Crippen molar-refractivity contribution in [3.05, 3.63) is 42.0 Å². The largest absolute Gasteiger partial charge is 0.496 e. The molecule has 104 valence electrons. The van der Waals surface area contributed by atoms with Crippen LogP contribution in [0.2, 0.25) is 0 Å². The van der Waals surface area contributed by atoms with Crippen molar-refractivity contribution in [2.45, 2.75) is 17.9 Å². The molecule has 0 saturated heterocycles. The first kappa shape index (κ1) is 12.9. The summed E-state index contributed by atoms with van der Waals surface area (Å²) in [7, 11) is 3.00. The lowest BCUT2D eigenvalue weighted by molar-refractivity contribution is -0.143. The van der Waals surface area contributed by atoms with Crippen molar-refractivity contribution in [1.29, 1.82) is 0 Å². The second-order valence-electron chi connectivity index (χ2n) is 5.19. The molecule has 2 N–H and O–H groups in total. The fourth-order valence-corrected chi connectivity index (χ4v) is 2.87. The summed E-state index contributed by atoms with van der Waals surface area (Å²) in [5.74, 6) is 0.346. The van der Waals surface area contributed by atoms with Crippen LogP contribution in [-0.4, -0.2) is 25.7 Å². The maximum absolute atomic E-state index is 11.8. The number of rotatable bonds is 3. The summed E-state index contributed by atoms with van der Waals surface area (Å²) in [4.78, 5) is 11.8. The van der Waals surface area contributed by atoms with E-state index in [0.717, 1.165) is 22.1 Å². The van der Waals surface area contributed by atoms with Crippen LogP contribution in [0.1, 0.15) is 17.9 Å². The van der Waals surface area contributed by atoms with E-state index in [0.29, 0.717) is 6.42 Å². The highest BCUT2D eigenvalue weighted by Gasteiger charge is 2.60. The molecule has 2 aromatic rings. The standard InChI is InChI=1S/C16H17NO3/c1-19-13-8-7-10-5-3-4-6-11(10)14(13)12-9-16(12,17)15(18)20-2/h3-8,12H,9,17H2,1-2H3/t12-,16+/m1/s1. The maximum Gasteiger partial charge on any atom is 0.326 e. The first-order valence-electron chi connectivity index (χ1n) is 6.54. The zero-order valence-corrected chi connectivity index (χ0v) is 11.6. The Kier molecular flexibility index (Phi) is 2.91. The molecule has 0 spiro atoms. The van der Waals surface area contributed by atoms with Crippen LogP contribution < -0.4 is 10.5 Å². The topological polar surface area (TPSA) is 61.5 Å². The van der Waals surface area contributed by atoms with Gasteiger partial charge in [-0.3, -0.25) is 4.79 Å². The molecule has 1 aliphatic rings. The van der Waals surface area contributed by atoms with Gasteiger partial charge in [-0.2, -0.15) is 0 Å². The van der Waals surface area contributed by atoms with Crippen molar-refractivity contribution < 1.29 is 14.3 Å². The number of esters is 1. The molecule has 1 saturated carbocycles. The molecule has 0 bridgehead atoms. The highest BCUT2D eigenvalue weighted by Crippen LogP contribution is 2.54. The maximum atomic E-state index is 11.8. The number of carbonyl (C=O) groups is 1. The molecule has 20 heavy (non-hydrogen) atoms. The molecule has 0 radical (unpaired) electrons.